The maximum absolute atomic E-state index is 9.68. The van der Waals surface area contributed by atoms with Crippen LogP contribution in [-0.2, 0) is 6.54 Å². The largest absolute Gasteiger partial charge is 0.393 e. The molecule has 2 aliphatic rings. The van der Waals surface area contributed by atoms with Crippen molar-refractivity contribution < 1.29 is 5.11 Å². The van der Waals surface area contributed by atoms with Crippen molar-refractivity contribution in [2.24, 2.45) is 5.92 Å². The SMILES string of the molecule is O[C@H]1C[C@H]2C[C@H]1CN2Cc1ccccc1. The Labute approximate surface area is 90.5 Å². The molecule has 1 aromatic carbocycles. The van der Waals surface area contributed by atoms with E-state index >= 15 is 0 Å². The van der Waals surface area contributed by atoms with Crippen molar-refractivity contribution in [1.82, 2.24) is 4.90 Å². The highest BCUT2D eigenvalue weighted by molar-refractivity contribution is 5.15. The van der Waals surface area contributed by atoms with Crippen LogP contribution in [0.2, 0.25) is 0 Å². The van der Waals surface area contributed by atoms with Crippen LogP contribution in [0, 0.1) is 5.92 Å². The van der Waals surface area contributed by atoms with E-state index < -0.39 is 0 Å². The van der Waals surface area contributed by atoms with Gasteiger partial charge in [0.15, 0.2) is 0 Å². The Hall–Kier alpha value is -0.860. The van der Waals surface area contributed by atoms with Gasteiger partial charge in [0.05, 0.1) is 6.10 Å². The van der Waals surface area contributed by atoms with Crippen molar-refractivity contribution >= 4 is 0 Å². The van der Waals surface area contributed by atoms with E-state index in [1.165, 1.54) is 12.0 Å². The fourth-order valence-corrected chi connectivity index (χ4v) is 3.03. The Kier molecular flexibility index (Phi) is 2.26. The first-order chi connectivity index (χ1) is 7.33. The van der Waals surface area contributed by atoms with Crippen molar-refractivity contribution in [3.63, 3.8) is 0 Å². The van der Waals surface area contributed by atoms with Gasteiger partial charge in [-0.2, -0.15) is 0 Å². The molecular formula is C13H17NO. The second-order valence-electron chi connectivity index (χ2n) is 4.87. The molecule has 0 aromatic heterocycles. The third kappa shape index (κ3) is 1.68. The van der Waals surface area contributed by atoms with Crippen LogP contribution < -0.4 is 0 Å². The molecule has 3 atom stereocenters. The minimum atomic E-state index is -0.0259. The van der Waals surface area contributed by atoms with Gasteiger partial charge in [0, 0.05) is 19.1 Å². The van der Waals surface area contributed by atoms with Crippen LogP contribution in [0.5, 0.6) is 0 Å². The Morgan fingerprint density at radius 1 is 1.20 bits per heavy atom. The van der Waals surface area contributed by atoms with Crippen LogP contribution in [0.25, 0.3) is 0 Å². The molecule has 0 spiro atoms. The number of benzene rings is 1. The second kappa shape index (κ2) is 3.62. The molecule has 1 aromatic rings. The van der Waals surface area contributed by atoms with Crippen molar-refractivity contribution in [3.05, 3.63) is 35.9 Å². The average molecular weight is 203 g/mol. The number of aliphatic hydroxyl groups excluding tert-OH is 1. The van der Waals surface area contributed by atoms with Crippen molar-refractivity contribution in [2.45, 2.75) is 31.5 Å². The van der Waals surface area contributed by atoms with Crippen LogP contribution in [0.4, 0.5) is 0 Å². The van der Waals surface area contributed by atoms with Gasteiger partial charge in [-0.15, -0.1) is 0 Å². The van der Waals surface area contributed by atoms with Crippen molar-refractivity contribution in [1.29, 1.82) is 0 Å². The zero-order valence-corrected chi connectivity index (χ0v) is 8.84. The molecule has 2 bridgehead atoms. The quantitative estimate of drug-likeness (QED) is 0.790. The Balaban J connectivity index is 1.67. The summed E-state index contributed by atoms with van der Waals surface area (Å²) in [7, 11) is 0. The van der Waals surface area contributed by atoms with Gasteiger partial charge in [0.25, 0.3) is 0 Å². The fourth-order valence-electron chi connectivity index (χ4n) is 3.03. The van der Waals surface area contributed by atoms with Gasteiger partial charge >= 0.3 is 0 Å². The molecule has 1 heterocycles. The highest BCUT2D eigenvalue weighted by Crippen LogP contribution is 2.38. The lowest BCUT2D eigenvalue weighted by Crippen LogP contribution is -2.36. The molecule has 3 rings (SSSR count). The zero-order valence-electron chi connectivity index (χ0n) is 8.84. The van der Waals surface area contributed by atoms with Gasteiger partial charge in [0.1, 0.15) is 0 Å². The standard InChI is InChI=1S/C13H17NO/c15-13-7-12-6-11(13)9-14(12)8-10-4-2-1-3-5-10/h1-5,11-13,15H,6-9H2/t11-,12+,13-/m0/s1. The van der Waals surface area contributed by atoms with E-state index in [1.807, 2.05) is 0 Å². The zero-order chi connectivity index (χ0) is 10.3. The van der Waals surface area contributed by atoms with Crippen LogP contribution in [0.1, 0.15) is 18.4 Å². The summed E-state index contributed by atoms with van der Waals surface area (Å²) in [5.74, 6) is 0.540. The third-order valence-electron chi connectivity index (χ3n) is 3.85. The van der Waals surface area contributed by atoms with Crippen LogP contribution >= 0.6 is 0 Å². The summed E-state index contributed by atoms with van der Waals surface area (Å²) >= 11 is 0. The van der Waals surface area contributed by atoms with Crippen LogP contribution in [0.15, 0.2) is 30.3 Å². The number of hydrogen-bond acceptors (Lipinski definition) is 2. The first-order valence-electron chi connectivity index (χ1n) is 5.79. The Morgan fingerprint density at radius 2 is 2.00 bits per heavy atom. The molecule has 2 fully saturated rings. The average Bonchev–Trinajstić information content (AvgIpc) is 2.78. The Bertz CT molecular complexity index is 336. The van der Waals surface area contributed by atoms with Crippen molar-refractivity contribution in [3.8, 4) is 0 Å². The normalized spacial score (nSPS) is 34.9. The molecule has 2 heteroatoms. The van der Waals surface area contributed by atoms with Gasteiger partial charge < -0.3 is 5.11 Å². The molecule has 0 unspecified atom stereocenters. The summed E-state index contributed by atoms with van der Waals surface area (Å²) < 4.78 is 0. The van der Waals surface area contributed by atoms with Crippen LogP contribution in [-0.4, -0.2) is 28.7 Å². The summed E-state index contributed by atoms with van der Waals surface area (Å²) in [6.45, 7) is 2.13. The lowest BCUT2D eigenvalue weighted by atomic mass is 10.1. The number of likely N-dealkylation sites (tertiary alicyclic amines) is 1. The van der Waals surface area contributed by atoms with Crippen molar-refractivity contribution in [2.75, 3.05) is 6.54 Å². The summed E-state index contributed by atoms with van der Waals surface area (Å²) in [5, 5.41) is 9.68. The Morgan fingerprint density at radius 3 is 2.60 bits per heavy atom. The minimum absolute atomic E-state index is 0.0259. The summed E-state index contributed by atoms with van der Waals surface area (Å²) in [6.07, 6.45) is 2.16. The number of fused-ring (bicyclic) bond motifs is 2. The third-order valence-corrected chi connectivity index (χ3v) is 3.85. The van der Waals surface area contributed by atoms with E-state index in [9.17, 15) is 5.11 Å². The van der Waals surface area contributed by atoms with Gasteiger partial charge in [-0.1, -0.05) is 30.3 Å². The van der Waals surface area contributed by atoms with Gasteiger partial charge in [-0.05, 0) is 24.3 Å². The monoisotopic (exact) mass is 203 g/mol. The summed E-state index contributed by atoms with van der Waals surface area (Å²) in [5.41, 5.74) is 1.39. The number of nitrogens with zero attached hydrogens (tertiary/aromatic N) is 1. The molecule has 2 nitrogen and oxygen atoms in total. The predicted octanol–water partition coefficient (Wildman–Crippen LogP) is 1.64. The highest BCUT2D eigenvalue weighted by Gasteiger charge is 2.43. The maximum atomic E-state index is 9.68. The smallest absolute Gasteiger partial charge is 0.0596 e. The molecular weight excluding hydrogens is 186 g/mol. The molecule has 1 N–H and O–H groups in total. The molecule has 1 saturated carbocycles. The molecule has 80 valence electrons. The van der Waals surface area contributed by atoms with Crippen LogP contribution in [0.3, 0.4) is 0 Å². The number of piperidine rings is 1. The topological polar surface area (TPSA) is 23.5 Å². The first-order valence-corrected chi connectivity index (χ1v) is 5.79. The van der Waals surface area contributed by atoms with E-state index in [-0.39, 0.29) is 6.10 Å². The lowest BCUT2D eigenvalue weighted by molar-refractivity contribution is 0.0711. The first kappa shape index (κ1) is 9.37. The molecule has 15 heavy (non-hydrogen) atoms. The van der Waals surface area contributed by atoms with E-state index in [2.05, 4.69) is 35.2 Å². The lowest BCUT2D eigenvalue weighted by Gasteiger charge is -2.29. The van der Waals surface area contributed by atoms with Gasteiger partial charge in [0.2, 0.25) is 0 Å². The molecule has 1 aliphatic carbocycles. The molecule has 0 radical (unpaired) electrons. The summed E-state index contributed by atoms with van der Waals surface area (Å²) in [6, 6.07) is 11.2. The molecule has 0 amide bonds. The minimum Gasteiger partial charge on any atom is -0.393 e. The second-order valence-corrected chi connectivity index (χ2v) is 4.87. The number of aliphatic hydroxyl groups is 1. The van der Waals surface area contributed by atoms with E-state index in [0.29, 0.717) is 12.0 Å². The van der Waals surface area contributed by atoms with Gasteiger partial charge in [-0.25, -0.2) is 0 Å². The maximum Gasteiger partial charge on any atom is 0.0596 e. The number of hydrogen-bond donors (Lipinski definition) is 1. The number of rotatable bonds is 2. The van der Waals surface area contributed by atoms with E-state index in [0.717, 1.165) is 19.5 Å². The molecule has 1 aliphatic heterocycles. The predicted molar refractivity (Wildman–Crippen MR) is 59.4 cm³/mol. The summed E-state index contributed by atoms with van der Waals surface area (Å²) in [4.78, 5) is 2.52. The van der Waals surface area contributed by atoms with E-state index in [1.54, 1.807) is 0 Å². The molecule has 1 saturated heterocycles. The highest BCUT2D eigenvalue weighted by atomic mass is 16.3. The van der Waals surface area contributed by atoms with Gasteiger partial charge in [-0.3, -0.25) is 4.90 Å². The fraction of sp³-hybridized carbons (Fsp3) is 0.538. The van der Waals surface area contributed by atoms with E-state index in [4.69, 9.17) is 0 Å².